The van der Waals surface area contributed by atoms with E-state index in [9.17, 15) is 18.0 Å². The molecule has 0 spiro atoms. The maximum absolute atomic E-state index is 13.2. The van der Waals surface area contributed by atoms with Gasteiger partial charge in [0, 0.05) is 5.69 Å². The summed E-state index contributed by atoms with van der Waals surface area (Å²) >= 11 is 0. The molecule has 1 amide bonds. The molecule has 21 heavy (non-hydrogen) atoms. The van der Waals surface area contributed by atoms with Gasteiger partial charge < -0.3 is 10.5 Å². The predicted molar refractivity (Wildman–Crippen MR) is 73.9 cm³/mol. The van der Waals surface area contributed by atoms with E-state index in [-0.39, 0.29) is 17.7 Å². The molecule has 0 bridgehead atoms. The maximum Gasteiger partial charge on any atom is 0.412 e. The topological polar surface area (TPSA) is 64.3 Å². The maximum atomic E-state index is 13.2. The highest BCUT2D eigenvalue weighted by molar-refractivity contribution is 5.86. The minimum atomic E-state index is -2.73. The van der Waals surface area contributed by atoms with Crippen LogP contribution in [0.2, 0.25) is 0 Å². The molecular weight excluding hydrogens is 285 g/mol. The smallest absolute Gasteiger partial charge is 0.412 e. The summed E-state index contributed by atoms with van der Waals surface area (Å²) in [6.45, 7) is 5.06. The van der Waals surface area contributed by atoms with Gasteiger partial charge in [0.15, 0.2) is 0 Å². The third kappa shape index (κ3) is 6.03. The van der Waals surface area contributed by atoms with Gasteiger partial charge in [-0.3, -0.25) is 5.32 Å². The summed E-state index contributed by atoms with van der Waals surface area (Å²) in [7, 11) is 0. The van der Waals surface area contributed by atoms with Crippen LogP contribution in [0.1, 0.15) is 26.3 Å². The van der Waals surface area contributed by atoms with Crippen molar-refractivity contribution in [2.45, 2.75) is 45.3 Å². The van der Waals surface area contributed by atoms with Crippen molar-refractivity contribution >= 4 is 11.8 Å². The van der Waals surface area contributed by atoms with Gasteiger partial charge in [-0.05, 0) is 51.0 Å². The highest BCUT2D eigenvalue weighted by atomic mass is 19.3. The van der Waals surface area contributed by atoms with Crippen molar-refractivity contribution in [2.75, 3.05) is 5.32 Å². The molecule has 3 N–H and O–H groups in total. The summed E-state index contributed by atoms with van der Waals surface area (Å²) in [6.07, 6.45) is -3.75. The molecule has 0 saturated heterocycles. The first-order chi connectivity index (χ1) is 9.58. The van der Waals surface area contributed by atoms with Crippen LogP contribution in [0.3, 0.4) is 0 Å². The summed E-state index contributed by atoms with van der Waals surface area (Å²) in [5.41, 5.74) is 4.96. The van der Waals surface area contributed by atoms with Gasteiger partial charge in [0.05, 0.1) is 6.04 Å². The SMILES string of the molecule is CC(C)(C)OC(=O)Nc1ccc(F)cc1CC(N)C(F)F. The summed E-state index contributed by atoms with van der Waals surface area (Å²) in [4.78, 5) is 11.7. The van der Waals surface area contributed by atoms with E-state index in [1.54, 1.807) is 20.8 Å². The molecule has 0 aliphatic carbocycles. The van der Waals surface area contributed by atoms with Crippen LogP contribution in [-0.2, 0) is 11.2 Å². The molecule has 0 aliphatic heterocycles. The number of benzene rings is 1. The number of halogens is 3. The normalized spacial score (nSPS) is 13.1. The first-order valence-electron chi connectivity index (χ1n) is 6.40. The van der Waals surface area contributed by atoms with Crippen LogP contribution in [0, 0.1) is 5.82 Å². The average molecular weight is 304 g/mol. The summed E-state index contributed by atoms with van der Waals surface area (Å²) in [5, 5.41) is 2.41. The van der Waals surface area contributed by atoms with Gasteiger partial charge in [0.25, 0.3) is 6.43 Å². The van der Waals surface area contributed by atoms with E-state index in [2.05, 4.69) is 5.32 Å². The lowest BCUT2D eigenvalue weighted by atomic mass is 10.0. The third-order valence-electron chi connectivity index (χ3n) is 2.48. The van der Waals surface area contributed by atoms with Gasteiger partial charge in [-0.1, -0.05) is 0 Å². The van der Waals surface area contributed by atoms with Crippen LogP contribution in [-0.4, -0.2) is 24.2 Å². The first kappa shape index (κ1) is 17.3. The Morgan fingerprint density at radius 2 is 2.00 bits per heavy atom. The second-order valence-corrected chi connectivity index (χ2v) is 5.63. The van der Waals surface area contributed by atoms with E-state index in [1.807, 2.05) is 0 Å². The van der Waals surface area contributed by atoms with E-state index in [0.29, 0.717) is 0 Å². The highest BCUT2D eigenvalue weighted by Gasteiger charge is 2.20. The Morgan fingerprint density at radius 3 is 2.52 bits per heavy atom. The number of amides is 1. The number of hydrogen-bond acceptors (Lipinski definition) is 3. The van der Waals surface area contributed by atoms with Gasteiger partial charge in [-0.15, -0.1) is 0 Å². The van der Waals surface area contributed by atoms with Crippen LogP contribution in [0.4, 0.5) is 23.7 Å². The van der Waals surface area contributed by atoms with Crippen molar-refractivity contribution in [3.63, 3.8) is 0 Å². The van der Waals surface area contributed by atoms with E-state index in [0.717, 1.165) is 12.1 Å². The Hall–Kier alpha value is -1.76. The fourth-order valence-electron chi connectivity index (χ4n) is 1.61. The molecule has 0 heterocycles. The Balaban J connectivity index is 2.89. The van der Waals surface area contributed by atoms with Crippen LogP contribution >= 0.6 is 0 Å². The van der Waals surface area contributed by atoms with Crippen LogP contribution in [0.25, 0.3) is 0 Å². The number of nitrogens with two attached hydrogens (primary N) is 1. The largest absolute Gasteiger partial charge is 0.444 e. The number of rotatable bonds is 4. The molecule has 1 atom stereocenters. The van der Waals surface area contributed by atoms with Crippen LogP contribution in [0.15, 0.2) is 18.2 Å². The van der Waals surface area contributed by atoms with Gasteiger partial charge in [-0.2, -0.15) is 0 Å². The minimum Gasteiger partial charge on any atom is -0.444 e. The van der Waals surface area contributed by atoms with Crippen molar-refractivity contribution in [1.29, 1.82) is 0 Å². The third-order valence-corrected chi connectivity index (χ3v) is 2.48. The van der Waals surface area contributed by atoms with Crippen LogP contribution < -0.4 is 11.1 Å². The number of ether oxygens (including phenoxy) is 1. The number of alkyl halides is 2. The fourth-order valence-corrected chi connectivity index (χ4v) is 1.61. The molecule has 4 nitrogen and oxygen atoms in total. The second kappa shape index (κ2) is 6.80. The lowest BCUT2D eigenvalue weighted by Crippen LogP contribution is -2.32. The zero-order valence-electron chi connectivity index (χ0n) is 12.1. The number of nitrogens with one attached hydrogen (secondary N) is 1. The average Bonchev–Trinajstić information content (AvgIpc) is 2.30. The van der Waals surface area contributed by atoms with Crippen molar-refractivity contribution < 1.29 is 22.7 Å². The Kier molecular flexibility index (Phi) is 5.60. The van der Waals surface area contributed by atoms with Gasteiger partial charge in [-0.25, -0.2) is 18.0 Å². The molecule has 1 aromatic carbocycles. The minimum absolute atomic E-state index is 0.189. The molecule has 7 heteroatoms. The van der Waals surface area contributed by atoms with Crippen molar-refractivity contribution in [2.24, 2.45) is 5.73 Å². The quantitative estimate of drug-likeness (QED) is 0.897. The zero-order chi connectivity index (χ0) is 16.2. The Bertz CT molecular complexity index is 501. The van der Waals surface area contributed by atoms with E-state index in [1.165, 1.54) is 6.07 Å². The number of anilines is 1. The van der Waals surface area contributed by atoms with Crippen molar-refractivity contribution in [3.05, 3.63) is 29.6 Å². The van der Waals surface area contributed by atoms with Crippen molar-refractivity contribution in [1.82, 2.24) is 0 Å². The molecule has 118 valence electrons. The molecule has 1 aromatic rings. The molecule has 0 fully saturated rings. The zero-order valence-corrected chi connectivity index (χ0v) is 12.1. The predicted octanol–water partition coefficient (Wildman–Crippen LogP) is 3.31. The van der Waals surface area contributed by atoms with E-state index in [4.69, 9.17) is 10.5 Å². The summed E-state index contributed by atoms with van der Waals surface area (Å²) in [5.74, 6) is -0.596. The second-order valence-electron chi connectivity index (χ2n) is 5.63. The first-order valence-corrected chi connectivity index (χ1v) is 6.40. The lowest BCUT2D eigenvalue weighted by Gasteiger charge is -2.21. The summed E-state index contributed by atoms with van der Waals surface area (Å²) < 4.78 is 43.3. The fraction of sp³-hybridized carbons (Fsp3) is 0.500. The van der Waals surface area contributed by atoms with E-state index < -0.39 is 30.0 Å². The molecule has 1 unspecified atom stereocenters. The molecular formula is C14H19F3N2O2. The number of carbonyl (C=O) groups is 1. The van der Waals surface area contributed by atoms with Gasteiger partial charge in [0.1, 0.15) is 11.4 Å². The van der Waals surface area contributed by atoms with Crippen LogP contribution in [0.5, 0.6) is 0 Å². The number of hydrogen-bond donors (Lipinski definition) is 2. The lowest BCUT2D eigenvalue weighted by molar-refractivity contribution is 0.0635. The molecule has 0 aliphatic rings. The molecule has 1 rings (SSSR count). The van der Waals surface area contributed by atoms with E-state index >= 15 is 0 Å². The summed E-state index contributed by atoms with van der Waals surface area (Å²) in [6, 6.07) is 2.03. The number of carbonyl (C=O) groups excluding carboxylic acids is 1. The Morgan fingerprint density at radius 1 is 1.38 bits per heavy atom. The standard InChI is InChI=1S/C14H19F3N2O2/c1-14(2,3)21-13(20)19-11-5-4-9(15)6-8(11)7-10(18)12(16)17/h4-6,10,12H,7,18H2,1-3H3,(H,19,20). The highest BCUT2D eigenvalue weighted by Crippen LogP contribution is 2.21. The monoisotopic (exact) mass is 304 g/mol. The van der Waals surface area contributed by atoms with Crippen molar-refractivity contribution in [3.8, 4) is 0 Å². The van der Waals surface area contributed by atoms with Gasteiger partial charge >= 0.3 is 6.09 Å². The van der Waals surface area contributed by atoms with Gasteiger partial charge in [0.2, 0.25) is 0 Å². The molecule has 0 saturated carbocycles. The molecule has 0 radical (unpaired) electrons. The molecule has 0 aromatic heterocycles. The Labute approximate surface area is 121 Å².